The summed E-state index contributed by atoms with van der Waals surface area (Å²) in [6.45, 7) is 3.61. The number of imidazole rings is 1. The Kier molecular flexibility index (Phi) is 5.99. The molecule has 1 aromatic heterocycles. The first-order chi connectivity index (χ1) is 14.5. The Morgan fingerprint density at radius 2 is 2.00 bits per heavy atom. The van der Waals surface area contributed by atoms with Gasteiger partial charge in [-0.1, -0.05) is 55.4 Å². The van der Waals surface area contributed by atoms with Crippen LogP contribution >= 0.6 is 11.8 Å². The van der Waals surface area contributed by atoms with Gasteiger partial charge in [-0.3, -0.25) is 24.5 Å². The number of aromatic nitrogens is 2. The number of rotatable bonds is 6. The maximum absolute atomic E-state index is 12.9. The Labute approximate surface area is 179 Å². The van der Waals surface area contributed by atoms with Gasteiger partial charge in [-0.25, -0.2) is 4.98 Å². The number of thioether (sulfide) groups is 1. The molecule has 2 aromatic carbocycles. The highest BCUT2D eigenvalue weighted by atomic mass is 32.2. The van der Waals surface area contributed by atoms with Crippen LogP contribution in [-0.2, 0) is 11.2 Å². The molecule has 0 saturated heterocycles. The van der Waals surface area contributed by atoms with Gasteiger partial charge in [-0.05, 0) is 30.2 Å². The van der Waals surface area contributed by atoms with Gasteiger partial charge in [0.15, 0.2) is 11.0 Å². The second-order valence-corrected chi connectivity index (χ2v) is 8.39. The summed E-state index contributed by atoms with van der Waals surface area (Å²) < 4.78 is 1.87. The zero-order chi connectivity index (χ0) is 21.1. The van der Waals surface area contributed by atoms with Gasteiger partial charge in [0.05, 0.1) is 17.1 Å². The molecule has 0 spiro atoms. The summed E-state index contributed by atoms with van der Waals surface area (Å²) in [6.07, 6.45) is 2.44. The largest absolute Gasteiger partial charge is 0.296 e. The van der Waals surface area contributed by atoms with Gasteiger partial charge in [-0.2, -0.15) is 0 Å². The van der Waals surface area contributed by atoms with E-state index >= 15 is 0 Å². The number of amides is 1. The molecule has 2 heterocycles. The van der Waals surface area contributed by atoms with E-state index in [2.05, 4.69) is 17.2 Å². The molecule has 6 nitrogen and oxygen atoms in total. The summed E-state index contributed by atoms with van der Waals surface area (Å²) in [5, 5.41) is 3.62. The lowest BCUT2D eigenvalue weighted by molar-refractivity contribution is -0.114. The molecule has 1 aliphatic rings. The first-order valence-electron chi connectivity index (χ1n) is 10.1. The van der Waals surface area contributed by atoms with E-state index in [-0.39, 0.29) is 17.7 Å². The minimum Gasteiger partial charge on any atom is -0.296 e. The van der Waals surface area contributed by atoms with Gasteiger partial charge in [0.2, 0.25) is 11.9 Å². The van der Waals surface area contributed by atoms with Crippen LogP contribution in [0.3, 0.4) is 0 Å². The summed E-state index contributed by atoms with van der Waals surface area (Å²) >= 11 is 1.66. The number of anilines is 1. The fraction of sp³-hybridized carbons (Fsp3) is 0.304. The predicted octanol–water partition coefficient (Wildman–Crippen LogP) is 4.54. The smallest absolute Gasteiger partial charge is 0.223 e. The second-order valence-electron chi connectivity index (χ2n) is 7.41. The average Bonchev–Trinajstić information content (AvgIpc) is 3.31. The molecule has 1 unspecified atom stereocenters. The molecule has 3 aromatic rings. The van der Waals surface area contributed by atoms with Crippen molar-refractivity contribution in [2.75, 3.05) is 11.1 Å². The highest BCUT2D eigenvalue weighted by molar-refractivity contribution is 8.14. The molecule has 0 bridgehead atoms. The molecular formula is C23H24N4O2S. The zero-order valence-electron chi connectivity index (χ0n) is 17.1. The minimum absolute atomic E-state index is 0.0433. The second kappa shape index (κ2) is 8.83. The highest BCUT2D eigenvalue weighted by Crippen LogP contribution is 2.29. The third kappa shape index (κ3) is 4.31. The molecule has 1 N–H and O–H groups in total. The van der Waals surface area contributed by atoms with Crippen LogP contribution in [0.1, 0.15) is 42.6 Å². The number of hydrogen-bond acceptors (Lipinski definition) is 5. The number of fused-ring (bicyclic) bond motifs is 1. The molecule has 1 amide bonds. The van der Waals surface area contributed by atoms with Crippen LogP contribution in [0.5, 0.6) is 0 Å². The molecular weight excluding hydrogens is 396 g/mol. The molecule has 1 aliphatic heterocycles. The quantitative estimate of drug-likeness (QED) is 0.594. The average molecular weight is 421 g/mol. The van der Waals surface area contributed by atoms with E-state index in [1.807, 2.05) is 47.0 Å². The predicted molar refractivity (Wildman–Crippen MR) is 123 cm³/mol. The lowest BCUT2D eigenvalue weighted by Gasteiger charge is -2.08. The van der Waals surface area contributed by atoms with Crippen molar-refractivity contribution in [1.82, 2.24) is 9.55 Å². The van der Waals surface area contributed by atoms with E-state index in [1.165, 1.54) is 6.92 Å². The number of benzene rings is 2. The standard InChI is InChI=1S/C23H24N4O2S/c1-3-7-18-14-30-23(25-18)27-20-13-17(21(29)12-16-8-5-4-6-9-16)10-11-19(20)26-22(27)24-15(2)28/h4-6,8-11,13,18H,3,7,12,14H2,1-2H3,(H,24,26,28). The molecule has 0 fully saturated rings. The number of ketones is 1. The van der Waals surface area contributed by atoms with Gasteiger partial charge in [-0.15, -0.1) is 0 Å². The third-order valence-corrected chi connectivity index (χ3v) is 6.08. The zero-order valence-corrected chi connectivity index (χ0v) is 17.9. The number of nitrogens with zero attached hydrogens (tertiary/aromatic N) is 3. The molecule has 4 rings (SSSR count). The van der Waals surface area contributed by atoms with Crippen LogP contribution in [-0.4, -0.2) is 38.2 Å². The Morgan fingerprint density at radius 3 is 2.73 bits per heavy atom. The van der Waals surface area contributed by atoms with Gasteiger partial charge >= 0.3 is 0 Å². The van der Waals surface area contributed by atoms with Crippen LogP contribution in [0.2, 0.25) is 0 Å². The summed E-state index contributed by atoms with van der Waals surface area (Å²) in [4.78, 5) is 34.0. The van der Waals surface area contributed by atoms with E-state index < -0.39 is 0 Å². The van der Waals surface area contributed by atoms with Crippen LogP contribution in [0.4, 0.5) is 5.95 Å². The Bertz CT molecular complexity index is 1120. The van der Waals surface area contributed by atoms with Crippen molar-refractivity contribution in [3.8, 4) is 0 Å². The third-order valence-electron chi connectivity index (χ3n) is 4.98. The summed E-state index contributed by atoms with van der Waals surface area (Å²) in [5.74, 6) is 1.20. The van der Waals surface area contributed by atoms with E-state index in [0.717, 1.165) is 40.4 Å². The molecule has 7 heteroatoms. The van der Waals surface area contributed by atoms with E-state index in [1.54, 1.807) is 17.8 Å². The van der Waals surface area contributed by atoms with Crippen LogP contribution in [0.15, 0.2) is 53.5 Å². The Balaban J connectivity index is 1.74. The van der Waals surface area contributed by atoms with E-state index in [4.69, 9.17) is 4.99 Å². The van der Waals surface area contributed by atoms with Crippen molar-refractivity contribution in [3.63, 3.8) is 0 Å². The lowest BCUT2D eigenvalue weighted by atomic mass is 10.0. The van der Waals surface area contributed by atoms with Gasteiger partial charge < -0.3 is 0 Å². The first-order valence-corrected chi connectivity index (χ1v) is 11.1. The topological polar surface area (TPSA) is 76.3 Å². The fourth-order valence-corrected chi connectivity index (χ4v) is 4.69. The molecule has 1 atom stereocenters. The maximum atomic E-state index is 12.9. The normalized spacial score (nSPS) is 15.9. The van der Waals surface area contributed by atoms with E-state index in [9.17, 15) is 9.59 Å². The maximum Gasteiger partial charge on any atom is 0.223 e. The SMILES string of the molecule is CCCC1CSC(n2c(NC(C)=O)nc3ccc(C(=O)Cc4ccccc4)cc32)=N1. The summed E-state index contributed by atoms with van der Waals surface area (Å²) in [6, 6.07) is 15.5. The van der Waals surface area contributed by atoms with Crippen LogP contribution < -0.4 is 5.32 Å². The molecule has 154 valence electrons. The van der Waals surface area contributed by atoms with Gasteiger partial charge in [0, 0.05) is 24.7 Å². The minimum atomic E-state index is -0.194. The number of hydrogen-bond donors (Lipinski definition) is 1. The number of carbonyl (C=O) groups excluding carboxylic acids is 2. The monoisotopic (exact) mass is 420 g/mol. The number of nitrogens with one attached hydrogen (secondary N) is 1. The summed E-state index contributed by atoms with van der Waals surface area (Å²) in [7, 11) is 0. The van der Waals surface area contributed by atoms with Crippen molar-refractivity contribution in [3.05, 3.63) is 59.7 Å². The Hall–Kier alpha value is -2.93. The molecule has 0 radical (unpaired) electrons. The van der Waals surface area contributed by atoms with Gasteiger partial charge in [0.25, 0.3) is 0 Å². The molecule has 0 saturated carbocycles. The first kappa shape index (κ1) is 20.3. The number of carbonyl (C=O) groups is 2. The lowest BCUT2D eigenvalue weighted by Crippen LogP contribution is -2.15. The molecule has 30 heavy (non-hydrogen) atoms. The van der Waals surface area contributed by atoms with Crippen molar-refractivity contribution in [2.24, 2.45) is 4.99 Å². The van der Waals surface area contributed by atoms with Crippen LogP contribution in [0.25, 0.3) is 11.0 Å². The van der Waals surface area contributed by atoms with Crippen LogP contribution in [0, 0.1) is 0 Å². The van der Waals surface area contributed by atoms with Gasteiger partial charge in [0.1, 0.15) is 0 Å². The fourth-order valence-electron chi connectivity index (χ4n) is 3.57. The van der Waals surface area contributed by atoms with Crippen molar-refractivity contribution >= 4 is 45.6 Å². The summed E-state index contributed by atoms with van der Waals surface area (Å²) in [5.41, 5.74) is 3.10. The highest BCUT2D eigenvalue weighted by Gasteiger charge is 2.24. The Morgan fingerprint density at radius 1 is 1.20 bits per heavy atom. The van der Waals surface area contributed by atoms with E-state index in [0.29, 0.717) is 17.9 Å². The number of Topliss-reactive ketones (excluding diaryl/α,β-unsaturated/α-hetero) is 1. The number of aliphatic imine (C=N–C) groups is 1. The van der Waals surface area contributed by atoms with Crippen molar-refractivity contribution in [1.29, 1.82) is 0 Å². The molecule has 0 aliphatic carbocycles. The van der Waals surface area contributed by atoms with Crippen molar-refractivity contribution < 1.29 is 9.59 Å². The van der Waals surface area contributed by atoms with Crippen molar-refractivity contribution in [2.45, 2.75) is 39.2 Å².